The van der Waals surface area contributed by atoms with E-state index in [1.165, 1.54) is 0 Å². The molecule has 1 aromatic heterocycles. The normalized spacial score (nSPS) is 12.1. The number of halogens is 1. The van der Waals surface area contributed by atoms with Crippen LogP contribution in [-0.4, -0.2) is 30.1 Å². The summed E-state index contributed by atoms with van der Waals surface area (Å²) in [6.07, 6.45) is 1.85. The van der Waals surface area contributed by atoms with Gasteiger partial charge < -0.3 is 14.5 Å². The highest BCUT2D eigenvalue weighted by molar-refractivity contribution is 9.10. The van der Waals surface area contributed by atoms with Gasteiger partial charge in [-0.2, -0.15) is 0 Å². The number of esters is 2. The van der Waals surface area contributed by atoms with Crippen LogP contribution in [0.5, 0.6) is 0 Å². The smallest absolute Gasteiger partial charge is 0.321 e. The first-order valence-corrected chi connectivity index (χ1v) is 10.0. The lowest BCUT2D eigenvalue weighted by atomic mass is 9.80. The van der Waals surface area contributed by atoms with Crippen molar-refractivity contribution in [3.8, 4) is 0 Å². The van der Waals surface area contributed by atoms with E-state index in [2.05, 4.69) is 20.9 Å². The number of aromatic nitrogens is 1. The Labute approximate surface area is 172 Å². The largest absolute Gasteiger partial charge is 0.465 e. The van der Waals surface area contributed by atoms with Crippen molar-refractivity contribution in [1.29, 1.82) is 0 Å². The van der Waals surface area contributed by atoms with Gasteiger partial charge in [-0.15, -0.1) is 0 Å². The zero-order chi connectivity index (χ0) is 20.1. The highest BCUT2D eigenvalue weighted by Crippen LogP contribution is 2.38. The number of hydrogen-bond acceptors (Lipinski definition) is 4. The molecule has 0 fully saturated rings. The van der Waals surface area contributed by atoms with Crippen LogP contribution in [0.2, 0.25) is 0 Å². The molecule has 0 unspecified atom stereocenters. The molecule has 3 aromatic rings. The molecule has 1 heterocycles. The first-order valence-electron chi connectivity index (χ1n) is 9.21. The number of rotatable bonds is 7. The molecule has 3 rings (SSSR count). The van der Waals surface area contributed by atoms with Crippen LogP contribution in [0, 0.1) is 5.92 Å². The zero-order valence-corrected chi connectivity index (χ0v) is 17.4. The molecule has 28 heavy (non-hydrogen) atoms. The number of ether oxygens (including phenoxy) is 2. The summed E-state index contributed by atoms with van der Waals surface area (Å²) in [5.74, 6) is -2.83. The third-order valence-electron chi connectivity index (χ3n) is 4.58. The maximum Gasteiger partial charge on any atom is 0.321 e. The fraction of sp³-hybridized carbons (Fsp3) is 0.273. The Bertz CT molecular complexity index is 963. The van der Waals surface area contributed by atoms with Crippen molar-refractivity contribution in [3.05, 3.63) is 70.3 Å². The van der Waals surface area contributed by atoms with Crippen molar-refractivity contribution in [2.75, 3.05) is 13.2 Å². The number of aromatic amines is 1. The highest BCUT2D eigenvalue weighted by Gasteiger charge is 2.40. The molecule has 0 saturated carbocycles. The van der Waals surface area contributed by atoms with Gasteiger partial charge in [0, 0.05) is 27.5 Å². The molecule has 2 aromatic carbocycles. The van der Waals surface area contributed by atoms with Crippen LogP contribution in [0.15, 0.2) is 59.2 Å². The third-order valence-corrected chi connectivity index (χ3v) is 5.07. The fourth-order valence-corrected chi connectivity index (χ4v) is 3.85. The first-order chi connectivity index (χ1) is 13.6. The second-order valence-electron chi connectivity index (χ2n) is 6.30. The second kappa shape index (κ2) is 9.06. The van der Waals surface area contributed by atoms with Crippen molar-refractivity contribution in [2.45, 2.75) is 19.8 Å². The molecule has 0 amide bonds. The van der Waals surface area contributed by atoms with Crippen molar-refractivity contribution in [3.63, 3.8) is 0 Å². The summed E-state index contributed by atoms with van der Waals surface area (Å²) in [7, 11) is 0. The topological polar surface area (TPSA) is 68.4 Å². The minimum Gasteiger partial charge on any atom is -0.465 e. The minimum atomic E-state index is -1.10. The van der Waals surface area contributed by atoms with Gasteiger partial charge in [0.25, 0.3) is 0 Å². The number of carbonyl (C=O) groups excluding carboxylic acids is 2. The van der Waals surface area contributed by atoms with Gasteiger partial charge in [0.2, 0.25) is 0 Å². The van der Waals surface area contributed by atoms with Gasteiger partial charge in [-0.05, 0) is 43.2 Å². The summed E-state index contributed by atoms with van der Waals surface area (Å²) in [5, 5.41) is 0.950. The van der Waals surface area contributed by atoms with Gasteiger partial charge in [-0.25, -0.2) is 0 Å². The van der Waals surface area contributed by atoms with E-state index < -0.39 is 23.8 Å². The molecule has 146 valence electrons. The number of fused-ring (bicyclic) bond motifs is 1. The number of hydrogen-bond donors (Lipinski definition) is 1. The van der Waals surface area contributed by atoms with Crippen LogP contribution in [0.3, 0.4) is 0 Å². The Morgan fingerprint density at radius 2 is 1.68 bits per heavy atom. The molecule has 0 saturated heterocycles. The molecular weight excluding hydrogens is 422 g/mol. The van der Waals surface area contributed by atoms with Crippen LogP contribution >= 0.6 is 15.9 Å². The second-order valence-corrected chi connectivity index (χ2v) is 7.22. The fourth-order valence-electron chi connectivity index (χ4n) is 3.44. The van der Waals surface area contributed by atoms with E-state index in [-0.39, 0.29) is 13.2 Å². The summed E-state index contributed by atoms with van der Waals surface area (Å²) in [6.45, 7) is 3.82. The van der Waals surface area contributed by atoms with E-state index in [4.69, 9.17) is 9.47 Å². The average molecular weight is 444 g/mol. The lowest BCUT2D eigenvalue weighted by Crippen LogP contribution is -2.34. The van der Waals surface area contributed by atoms with E-state index in [9.17, 15) is 9.59 Å². The Balaban J connectivity index is 2.21. The monoisotopic (exact) mass is 443 g/mol. The van der Waals surface area contributed by atoms with Crippen LogP contribution in [0.1, 0.15) is 30.9 Å². The standard InChI is InChI=1S/C22H22BrNO4/c1-3-27-21(25)20(22(26)28-4-2)19(14-8-7-9-15(23)12-14)17-13-24-18-11-6-5-10-16(17)18/h5-13,19-20,24H,3-4H2,1-2H3/t19-/m0/s1. The van der Waals surface area contributed by atoms with Crippen molar-refractivity contribution in [1.82, 2.24) is 4.98 Å². The Morgan fingerprint density at radius 1 is 1.00 bits per heavy atom. The summed E-state index contributed by atoms with van der Waals surface area (Å²) >= 11 is 3.49. The maximum absolute atomic E-state index is 12.8. The molecule has 0 aliphatic heterocycles. The molecule has 0 spiro atoms. The number of benzene rings is 2. The van der Waals surface area contributed by atoms with E-state index in [0.717, 1.165) is 26.5 Å². The van der Waals surface area contributed by atoms with Gasteiger partial charge in [-0.1, -0.05) is 46.3 Å². The van der Waals surface area contributed by atoms with Crippen molar-refractivity contribution >= 4 is 38.8 Å². The maximum atomic E-state index is 12.8. The van der Waals surface area contributed by atoms with Gasteiger partial charge in [0.05, 0.1) is 13.2 Å². The summed E-state index contributed by atoms with van der Waals surface area (Å²) in [4.78, 5) is 28.9. The minimum absolute atomic E-state index is 0.188. The molecule has 1 N–H and O–H groups in total. The van der Waals surface area contributed by atoms with Gasteiger partial charge in [-0.3, -0.25) is 9.59 Å². The van der Waals surface area contributed by atoms with Crippen LogP contribution in [-0.2, 0) is 19.1 Å². The lowest BCUT2D eigenvalue weighted by Gasteiger charge is -2.25. The number of carbonyl (C=O) groups is 2. The Kier molecular flexibility index (Phi) is 6.52. The molecular formula is C22H22BrNO4. The zero-order valence-electron chi connectivity index (χ0n) is 15.8. The van der Waals surface area contributed by atoms with E-state index in [1.54, 1.807) is 13.8 Å². The molecule has 0 aliphatic carbocycles. The predicted octanol–water partition coefficient (Wildman–Crippen LogP) is 4.80. The van der Waals surface area contributed by atoms with E-state index >= 15 is 0 Å². The predicted molar refractivity (Wildman–Crippen MR) is 111 cm³/mol. The molecule has 1 atom stereocenters. The molecule has 0 bridgehead atoms. The molecule has 0 radical (unpaired) electrons. The summed E-state index contributed by atoms with van der Waals surface area (Å²) in [5.41, 5.74) is 2.61. The molecule has 0 aliphatic rings. The van der Waals surface area contributed by atoms with Gasteiger partial charge in [0.1, 0.15) is 0 Å². The number of nitrogens with one attached hydrogen (secondary N) is 1. The van der Waals surface area contributed by atoms with E-state index in [0.29, 0.717) is 0 Å². The number of H-pyrrole nitrogens is 1. The van der Waals surface area contributed by atoms with Crippen LogP contribution in [0.4, 0.5) is 0 Å². The molecule has 6 heteroatoms. The third kappa shape index (κ3) is 4.12. The Hall–Kier alpha value is -2.60. The first kappa shape index (κ1) is 20.1. The van der Waals surface area contributed by atoms with E-state index in [1.807, 2.05) is 54.7 Å². The van der Waals surface area contributed by atoms with Crippen molar-refractivity contribution in [2.24, 2.45) is 5.92 Å². The number of para-hydroxylation sites is 1. The summed E-state index contributed by atoms with van der Waals surface area (Å²) < 4.78 is 11.4. The SMILES string of the molecule is CCOC(=O)C(C(=O)OCC)[C@@H](c1cccc(Br)c1)c1c[nH]c2ccccc12. The Morgan fingerprint density at radius 3 is 2.32 bits per heavy atom. The highest BCUT2D eigenvalue weighted by atomic mass is 79.9. The van der Waals surface area contributed by atoms with Crippen LogP contribution in [0.25, 0.3) is 10.9 Å². The van der Waals surface area contributed by atoms with Gasteiger partial charge >= 0.3 is 11.9 Å². The molecule has 5 nitrogen and oxygen atoms in total. The lowest BCUT2D eigenvalue weighted by molar-refractivity contribution is -0.162. The van der Waals surface area contributed by atoms with Crippen molar-refractivity contribution < 1.29 is 19.1 Å². The van der Waals surface area contributed by atoms with Crippen LogP contribution < -0.4 is 0 Å². The average Bonchev–Trinajstić information content (AvgIpc) is 3.10. The van der Waals surface area contributed by atoms with Gasteiger partial charge in [0.15, 0.2) is 5.92 Å². The summed E-state index contributed by atoms with van der Waals surface area (Å²) in [6, 6.07) is 15.4. The quantitative estimate of drug-likeness (QED) is 0.420.